The first-order valence-corrected chi connectivity index (χ1v) is 8.00. The number of guanidine groups is 1. The van der Waals surface area contributed by atoms with Gasteiger partial charge in [-0.3, -0.25) is 15.1 Å². The zero-order valence-electron chi connectivity index (χ0n) is 10.7. The Morgan fingerprint density at radius 3 is 2.50 bits per heavy atom. The molecule has 0 radical (unpaired) electrons. The SMILES string of the molecule is CC(C)CN=C1NC(=O)C2(CCS(=O)(=O)CC2)N1. The molecule has 0 aromatic carbocycles. The van der Waals surface area contributed by atoms with E-state index in [1.807, 2.05) is 13.8 Å². The molecule has 2 aliphatic rings. The van der Waals surface area contributed by atoms with Crippen molar-refractivity contribution in [1.82, 2.24) is 10.6 Å². The number of amides is 1. The summed E-state index contributed by atoms with van der Waals surface area (Å²) in [4.78, 5) is 16.3. The fourth-order valence-corrected chi connectivity index (χ4v) is 3.66. The number of carbonyl (C=O) groups excluding carboxylic acids is 1. The highest BCUT2D eigenvalue weighted by molar-refractivity contribution is 7.91. The second-order valence-electron chi connectivity index (χ2n) is 5.40. The molecule has 0 aliphatic carbocycles. The van der Waals surface area contributed by atoms with E-state index in [-0.39, 0.29) is 17.4 Å². The quantitative estimate of drug-likeness (QED) is 0.721. The van der Waals surface area contributed by atoms with Gasteiger partial charge >= 0.3 is 0 Å². The van der Waals surface area contributed by atoms with Gasteiger partial charge in [-0.1, -0.05) is 13.8 Å². The van der Waals surface area contributed by atoms with E-state index in [1.54, 1.807) is 0 Å². The molecule has 2 rings (SSSR count). The Balaban J connectivity index is 2.08. The Bertz CT molecular complexity index is 468. The maximum absolute atomic E-state index is 12.0. The molecule has 2 N–H and O–H groups in total. The molecule has 102 valence electrons. The van der Waals surface area contributed by atoms with Crippen molar-refractivity contribution in [2.24, 2.45) is 10.9 Å². The van der Waals surface area contributed by atoms with E-state index < -0.39 is 15.4 Å². The van der Waals surface area contributed by atoms with Crippen LogP contribution in [0.3, 0.4) is 0 Å². The molecule has 0 saturated carbocycles. The fraction of sp³-hybridized carbons (Fsp3) is 0.818. The van der Waals surface area contributed by atoms with E-state index in [0.29, 0.717) is 31.3 Å². The van der Waals surface area contributed by atoms with Crippen molar-refractivity contribution in [3.63, 3.8) is 0 Å². The van der Waals surface area contributed by atoms with Crippen molar-refractivity contribution >= 4 is 21.7 Å². The third-order valence-electron chi connectivity index (χ3n) is 3.32. The maximum Gasteiger partial charge on any atom is 0.252 e. The van der Waals surface area contributed by atoms with Crippen molar-refractivity contribution in [3.8, 4) is 0 Å². The van der Waals surface area contributed by atoms with Crippen molar-refractivity contribution in [2.75, 3.05) is 18.1 Å². The highest BCUT2D eigenvalue weighted by Crippen LogP contribution is 2.26. The molecular formula is C11H19N3O3S. The van der Waals surface area contributed by atoms with Crippen LogP contribution in [-0.4, -0.2) is 43.9 Å². The van der Waals surface area contributed by atoms with Crippen LogP contribution in [0.5, 0.6) is 0 Å². The van der Waals surface area contributed by atoms with E-state index in [2.05, 4.69) is 15.6 Å². The summed E-state index contributed by atoms with van der Waals surface area (Å²) >= 11 is 0. The molecule has 1 amide bonds. The number of rotatable bonds is 2. The average molecular weight is 273 g/mol. The van der Waals surface area contributed by atoms with Crippen LogP contribution in [0.2, 0.25) is 0 Å². The lowest BCUT2D eigenvalue weighted by Crippen LogP contribution is -2.52. The van der Waals surface area contributed by atoms with Gasteiger partial charge in [-0.05, 0) is 18.8 Å². The van der Waals surface area contributed by atoms with Crippen LogP contribution in [0.1, 0.15) is 26.7 Å². The second-order valence-corrected chi connectivity index (χ2v) is 7.70. The summed E-state index contributed by atoms with van der Waals surface area (Å²) in [5.74, 6) is 0.864. The lowest BCUT2D eigenvalue weighted by molar-refractivity contribution is -0.124. The predicted molar refractivity (Wildman–Crippen MR) is 69.0 cm³/mol. The summed E-state index contributed by atoms with van der Waals surface area (Å²) in [5.41, 5.74) is -0.763. The summed E-state index contributed by atoms with van der Waals surface area (Å²) < 4.78 is 22.8. The summed E-state index contributed by atoms with van der Waals surface area (Å²) in [7, 11) is -2.97. The lowest BCUT2D eigenvalue weighted by atomic mass is 9.93. The molecule has 0 aromatic heterocycles. The van der Waals surface area contributed by atoms with Gasteiger partial charge in [0.2, 0.25) is 0 Å². The number of aliphatic imine (C=N–C) groups is 1. The van der Waals surface area contributed by atoms with E-state index in [1.165, 1.54) is 0 Å². The van der Waals surface area contributed by atoms with Crippen molar-refractivity contribution in [1.29, 1.82) is 0 Å². The van der Waals surface area contributed by atoms with Crippen LogP contribution < -0.4 is 10.6 Å². The number of nitrogens with zero attached hydrogens (tertiary/aromatic N) is 1. The first-order chi connectivity index (χ1) is 8.33. The van der Waals surface area contributed by atoms with E-state index in [9.17, 15) is 13.2 Å². The van der Waals surface area contributed by atoms with Gasteiger partial charge < -0.3 is 5.32 Å². The Kier molecular flexibility index (Phi) is 3.35. The molecule has 2 saturated heterocycles. The Labute approximate surface area is 107 Å². The highest BCUT2D eigenvalue weighted by atomic mass is 32.2. The van der Waals surface area contributed by atoms with E-state index in [0.717, 1.165) is 0 Å². The molecule has 7 heteroatoms. The number of hydrogen-bond acceptors (Lipinski definition) is 4. The molecule has 0 atom stereocenters. The molecule has 0 aromatic rings. The highest BCUT2D eigenvalue weighted by Gasteiger charge is 2.48. The summed E-state index contributed by atoms with van der Waals surface area (Å²) in [6.45, 7) is 4.73. The minimum atomic E-state index is -2.97. The minimum Gasteiger partial charge on any atom is -0.342 e. The van der Waals surface area contributed by atoms with Crippen LogP contribution in [-0.2, 0) is 14.6 Å². The number of sulfone groups is 1. The topological polar surface area (TPSA) is 87.6 Å². The Morgan fingerprint density at radius 1 is 1.33 bits per heavy atom. The molecule has 2 aliphatic heterocycles. The zero-order valence-corrected chi connectivity index (χ0v) is 11.5. The fourth-order valence-electron chi connectivity index (χ4n) is 2.13. The van der Waals surface area contributed by atoms with Crippen LogP contribution >= 0.6 is 0 Å². The van der Waals surface area contributed by atoms with Gasteiger partial charge in [-0.15, -0.1) is 0 Å². The standard InChI is InChI=1S/C11H19N3O3S/c1-8(2)7-12-10-13-9(15)11(14-10)3-5-18(16,17)6-4-11/h8H,3-7H2,1-2H3,(H2,12,13,14,15). The Morgan fingerprint density at radius 2 is 1.94 bits per heavy atom. The lowest BCUT2D eigenvalue weighted by Gasteiger charge is -2.30. The van der Waals surface area contributed by atoms with Gasteiger partial charge in [0, 0.05) is 6.54 Å². The molecule has 2 fully saturated rings. The monoisotopic (exact) mass is 273 g/mol. The number of nitrogens with one attached hydrogen (secondary N) is 2. The predicted octanol–water partition coefficient (Wildman–Crippen LogP) is -0.335. The molecule has 2 heterocycles. The molecule has 0 bridgehead atoms. The maximum atomic E-state index is 12.0. The van der Waals surface area contributed by atoms with Crippen molar-refractivity contribution < 1.29 is 13.2 Å². The zero-order chi connectivity index (χ0) is 13.4. The van der Waals surface area contributed by atoms with Gasteiger partial charge in [0.25, 0.3) is 5.91 Å². The average Bonchev–Trinajstić information content (AvgIpc) is 2.58. The summed E-state index contributed by atoms with van der Waals surface area (Å²) in [6.07, 6.45) is 0.643. The van der Waals surface area contributed by atoms with Gasteiger partial charge in [-0.25, -0.2) is 8.42 Å². The largest absolute Gasteiger partial charge is 0.342 e. The van der Waals surface area contributed by atoms with Crippen molar-refractivity contribution in [2.45, 2.75) is 32.2 Å². The normalized spacial score (nSPS) is 27.5. The van der Waals surface area contributed by atoms with Crippen LogP contribution in [0, 0.1) is 5.92 Å². The summed E-state index contributed by atoms with van der Waals surface area (Å²) in [6, 6.07) is 0. The molecular weight excluding hydrogens is 254 g/mol. The number of carbonyl (C=O) groups is 1. The third kappa shape index (κ3) is 2.66. The molecule has 1 spiro atoms. The van der Waals surface area contributed by atoms with Crippen molar-refractivity contribution in [3.05, 3.63) is 0 Å². The Hall–Kier alpha value is -1.11. The van der Waals surface area contributed by atoms with Gasteiger partial charge in [0.15, 0.2) is 15.8 Å². The summed E-state index contributed by atoms with van der Waals surface area (Å²) in [5, 5.41) is 5.78. The van der Waals surface area contributed by atoms with E-state index in [4.69, 9.17) is 0 Å². The van der Waals surface area contributed by atoms with Crippen LogP contribution in [0.25, 0.3) is 0 Å². The van der Waals surface area contributed by atoms with Gasteiger partial charge in [0.05, 0.1) is 11.5 Å². The molecule has 0 unspecified atom stereocenters. The third-order valence-corrected chi connectivity index (χ3v) is 4.97. The van der Waals surface area contributed by atoms with Crippen LogP contribution in [0.4, 0.5) is 0 Å². The molecule has 6 nitrogen and oxygen atoms in total. The second kappa shape index (κ2) is 4.53. The van der Waals surface area contributed by atoms with E-state index >= 15 is 0 Å². The van der Waals surface area contributed by atoms with Crippen LogP contribution in [0.15, 0.2) is 4.99 Å². The van der Waals surface area contributed by atoms with Gasteiger partial charge in [0.1, 0.15) is 5.54 Å². The first kappa shape index (κ1) is 13.3. The first-order valence-electron chi connectivity index (χ1n) is 6.17. The molecule has 18 heavy (non-hydrogen) atoms. The minimum absolute atomic E-state index is 0.0604. The smallest absolute Gasteiger partial charge is 0.252 e. The number of hydrogen-bond donors (Lipinski definition) is 2. The van der Waals surface area contributed by atoms with Gasteiger partial charge in [-0.2, -0.15) is 0 Å².